The van der Waals surface area contributed by atoms with Gasteiger partial charge < -0.3 is 19.7 Å². The number of fused-ring (bicyclic) bond motifs is 1. The molecule has 0 bridgehead atoms. The predicted octanol–water partition coefficient (Wildman–Crippen LogP) is 3.83. The van der Waals surface area contributed by atoms with Crippen LogP contribution in [0.3, 0.4) is 0 Å². The zero-order valence-electron chi connectivity index (χ0n) is 15.8. The Hall–Kier alpha value is -3.33. The fourth-order valence-electron chi connectivity index (χ4n) is 3.19. The number of ether oxygens (including phenoxy) is 2. The summed E-state index contributed by atoms with van der Waals surface area (Å²) in [5.74, 6) is -1.10. The summed E-state index contributed by atoms with van der Waals surface area (Å²) in [7, 11) is 3.15. The van der Waals surface area contributed by atoms with E-state index < -0.39 is 11.6 Å². The number of halogens is 2. The van der Waals surface area contributed by atoms with Gasteiger partial charge in [0.25, 0.3) is 0 Å². The molecular weight excluding hydrogens is 394 g/mol. The van der Waals surface area contributed by atoms with Gasteiger partial charge in [-0.1, -0.05) is 7.43 Å². The van der Waals surface area contributed by atoms with Crippen LogP contribution in [0.4, 0.5) is 20.2 Å². The fourth-order valence-corrected chi connectivity index (χ4v) is 3.19. The molecule has 2 aromatic heterocycles. The van der Waals surface area contributed by atoms with Gasteiger partial charge in [0.1, 0.15) is 17.7 Å². The molecule has 3 heterocycles. The highest BCUT2D eigenvalue weighted by Crippen LogP contribution is 2.35. The quantitative estimate of drug-likeness (QED) is 0.466. The van der Waals surface area contributed by atoms with Crippen molar-refractivity contribution >= 4 is 28.8 Å². The van der Waals surface area contributed by atoms with Crippen molar-refractivity contribution in [1.82, 2.24) is 9.97 Å². The number of hydrogen-bond acceptors (Lipinski definition) is 6. The number of hydrogen-bond donors (Lipinski definition) is 1. The van der Waals surface area contributed by atoms with Gasteiger partial charge in [-0.25, -0.2) is 13.8 Å². The van der Waals surface area contributed by atoms with Gasteiger partial charge in [-0.3, -0.25) is 4.79 Å². The smallest absolute Gasteiger partial charge is 0.215 e. The van der Waals surface area contributed by atoms with Crippen LogP contribution in [-0.4, -0.2) is 37.1 Å². The molecule has 4 rings (SSSR count). The molecule has 0 radical (unpaired) electrons. The lowest BCUT2D eigenvalue weighted by Crippen LogP contribution is -2.23. The third-order valence-corrected chi connectivity index (χ3v) is 4.77. The lowest BCUT2D eigenvalue weighted by Gasteiger charge is -2.23. The summed E-state index contributed by atoms with van der Waals surface area (Å²) < 4.78 is 39.4. The van der Waals surface area contributed by atoms with Crippen molar-refractivity contribution < 1.29 is 23.0 Å². The van der Waals surface area contributed by atoms with Gasteiger partial charge >= 0.3 is 0 Å². The predicted molar refractivity (Wildman–Crippen MR) is 110 cm³/mol. The van der Waals surface area contributed by atoms with Gasteiger partial charge in [-0.2, -0.15) is 4.98 Å². The second kappa shape index (κ2) is 8.58. The minimum atomic E-state index is -0.730. The monoisotopic (exact) mass is 416 g/mol. The Morgan fingerprint density at radius 2 is 2.03 bits per heavy atom. The summed E-state index contributed by atoms with van der Waals surface area (Å²) in [5.41, 5.74) is 1.50. The number of methoxy groups -OCH3 is 1. The van der Waals surface area contributed by atoms with E-state index in [1.807, 2.05) is 0 Å². The zero-order valence-corrected chi connectivity index (χ0v) is 15.8. The van der Waals surface area contributed by atoms with Gasteiger partial charge in [0.05, 0.1) is 37.8 Å². The van der Waals surface area contributed by atoms with Crippen LogP contribution in [-0.2, 0) is 16.1 Å². The number of amides is 1. The van der Waals surface area contributed by atoms with E-state index in [-0.39, 0.29) is 25.6 Å². The van der Waals surface area contributed by atoms with Crippen LogP contribution in [0.15, 0.2) is 30.5 Å². The second-order valence-corrected chi connectivity index (χ2v) is 6.51. The maximum atomic E-state index is 14.6. The Balaban J connectivity index is 0.00000256. The third kappa shape index (κ3) is 3.88. The van der Waals surface area contributed by atoms with Gasteiger partial charge in [0.15, 0.2) is 5.65 Å². The molecule has 7 nitrogen and oxygen atoms in total. The van der Waals surface area contributed by atoms with Crippen LogP contribution in [0.1, 0.15) is 24.7 Å². The number of rotatable bonds is 7. The maximum absolute atomic E-state index is 14.6. The van der Waals surface area contributed by atoms with E-state index in [1.165, 1.54) is 30.3 Å². The average Bonchev–Trinajstić information content (AvgIpc) is 3.58. The molecule has 0 spiro atoms. The van der Waals surface area contributed by atoms with Crippen LogP contribution in [0.2, 0.25) is 0 Å². The van der Waals surface area contributed by atoms with Crippen LogP contribution >= 0.6 is 0 Å². The Labute approximate surface area is 172 Å². The summed E-state index contributed by atoms with van der Waals surface area (Å²) in [6.45, 7) is 0.149. The standard InChI is InChI=1S/C20H18F2N4O3.CH4/c1-23-16-7-24-20-12(3-4-18(25-20)28-2)19(16)26(10-27)8-13-14(21)5-11(6-15(13)22)17-9-29-17;/h3-7,10,17,23H,8-9H2,1-2H3;1H4. The highest BCUT2D eigenvalue weighted by molar-refractivity contribution is 6.01. The number of epoxide rings is 1. The Bertz CT molecular complexity index is 1070. The van der Waals surface area contributed by atoms with E-state index in [2.05, 4.69) is 15.3 Å². The molecule has 1 amide bonds. The summed E-state index contributed by atoms with van der Waals surface area (Å²) in [6.07, 6.45) is 1.76. The highest BCUT2D eigenvalue weighted by Gasteiger charge is 2.28. The van der Waals surface area contributed by atoms with Crippen molar-refractivity contribution in [3.8, 4) is 5.88 Å². The van der Waals surface area contributed by atoms with Gasteiger partial charge in [-0.05, 0) is 23.8 Å². The first-order valence-corrected chi connectivity index (χ1v) is 8.88. The Morgan fingerprint density at radius 3 is 2.60 bits per heavy atom. The maximum Gasteiger partial charge on any atom is 0.215 e. The van der Waals surface area contributed by atoms with Crippen molar-refractivity contribution in [2.75, 3.05) is 31.0 Å². The highest BCUT2D eigenvalue weighted by atomic mass is 19.1. The first-order chi connectivity index (χ1) is 14.0. The topological polar surface area (TPSA) is 79.9 Å². The van der Waals surface area contributed by atoms with E-state index in [9.17, 15) is 13.6 Å². The molecule has 30 heavy (non-hydrogen) atoms. The lowest BCUT2D eigenvalue weighted by atomic mass is 10.1. The van der Waals surface area contributed by atoms with Gasteiger partial charge in [-0.15, -0.1) is 0 Å². The first-order valence-electron chi connectivity index (χ1n) is 8.88. The first kappa shape index (κ1) is 21.4. The van der Waals surface area contributed by atoms with Gasteiger partial charge in [0, 0.05) is 24.1 Å². The van der Waals surface area contributed by atoms with Crippen LogP contribution < -0.4 is 15.0 Å². The largest absolute Gasteiger partial charge is 0.481 e. The van der Waals surface area contributed by atoms with E-state index in [4.69, 9.17) is 9.47 Å². The lowest BCUT2D eigenvalue weighted by molar-refractivity contribution is -0.107. The van der Waals surface area contributed by atoms with E-state index in [0.29, 0.717) is 46.9 Å². The summed E-state index contributed by atoms with van der Waals surface area (Å²) in [5, 5.41) is 3.49. The normalized spacial score (nSPS) is 14.7. The van der Waals surface area contributed by atoms with Crippen molar-refractivity contribution in [3.05, 3.63) is 53.2 Å². The summed E-state index contributed by atoms with van der Waals surface area (Å²) >= 11 is 0. The SMILES string of the molecule is C.CNc1cnc2nc(OC)ccc2c1N(C=O)Cc1c(F)cc(C2CO2)cc1F. The number of carbonyl (C=O) groups excluding carboxylic acids is 1. The molecule has 1 saturated heterocycles. The number of carbonyl (C=O) groups is 1. The van der Waals surface area contributed by atoms with Crippen LogP contribution in [0.5, 0.6) is 5.88 Å². The molecular formula is C21H22F2N4O3. The Kier molecular flexibility index (Phi) is 6.12. The van der Waals surface area contributed by atoms with Crippen molar-refractivity contribution in [2.45, 2.75) is 20.1 Å². The molecule has 0 saturated carbocycles. The van der Waals surface area contributed by atoms with Crippen LogP contribution in [0.25, 0.3) is 11.0 Å². The molecule has 1 unspecified atom stereocenters. The minimum Gasteiger partial charge on any atom is -0.481 e. The van der Waals surface area contributed by atoms with Gasteiger partial charge in [0.2, 0.25) is 12.3 Å². The number of anilines is 2. The number of nitrogens with zero attached hydrogens (tertiary/aromatic N) is 3. The third-order valence-electron chi connectivity index (χ3n) is 4.77. The molecule has 9 heteroatoms. The summed E-state index contributed by atoms with van der Waals surface area (Å²) in [4.78, 5) is 21.7. The number of benzene rings is 1. The molecule has 3 aromatic rings. The number of nitrogens with one attached hydrogen (secondary N) is 1. The molecule has 1 fully saturated rings. The Morgan fingerprint density at radius 1 is 1.33 bits per heavy atom. The molecule has 158 valence electrons. The van der Waals surface area contributed by atoms with Crippen LogP contribution in [0, 0.1) is 11.6 Å². The van der Waals surface area contributed by atoms with E-state index in [1.54, 1.807) is 19.2 Å². The zero-order chi connectivity index (χ0) is 20.5. The molecule has 1 aliphatic rings. The van der Waals surface area contributed by atoms with Crippen molar-refractivity contribution in [1.29, 1.82) is 0 Å². The average molecular weight is 416 g/mol. The molecule has 1 aliphatic heterocycles. The molecule has 0 aliphatic carbocycles. The molecule has 1 aromatic carbocycles. The van der Waals surface area contributed by atoms with E-state index >= 15 is 0 Å². The second-order valence-electron chi connectivity index (χ2n) is 6.51. The van der Waals surface area contributed by atoms with Crippen molar-refractivity contribution in [2.24, 2.45) is 0 Å². The fraction of sp³-hybridized carbons (Fsp3) is 0.286. The number of aromatic nitrogens is 2. The molecule has 1 N–H and O–H groups in total. The van der Waals surface area contributed by atoms with E-state index in [0.717, 1.165) is 0 Å². The summed E-state index contributed by atoms with van der Waals surface area (Å²) in [6, 6.07) is 5.81. The van der Waals surface area contributed by atoms with Crippen molar-refractivity contribution in [3.63, 3.8) is 0 Å². The number of pyridine rings is 2. The minimum absolute atomic E-state index is 0. The molecule has 1 atom stereocenters.